The second kappa shape index (κ2) is 76.5. The summed E-state index contributed by atoms with van der Waals surface area (Å²) in [6.45, 7) is 4.97. The summed E-state index contributed by atoms with van der Waals surface area (Å²) in [4.78, 5) is 24.7. The van der Waals surface area contributed by atoms with Gasteiger partial charge < -0.3 is 20.3 Å². The van der Waals surface area contributed by atoms with Gasteiger partial charge >= 0.3 is 5.97 Å². The second-order valence-corrected chi connectivity index (χ2v) is 27.4. The third kappa shape index (κ3) is 73.0. The minimum atomic E-state index is -0.665. The van der Waals surface area contributed by atoms with Gasteiger partial charge in [0, 0.05) is 12.8 Å². The first-order chi connectivity index (χ1) is 43.0. The van der Waals surface area contributed by atoms with E-state index in [4.69, 9.17) is 4.74 Å². The molecule has 0 aromatic rings. The van der Waals surface area contributed by atoms with E-state index in [0.29, 0.717) is 25.9 Å². The number of aliphatic hydroxyl groups is 2. The molecule has 0 bridgehead atoms. The Bertz CT molecular complexity index is 1410. The number of amides is 1. The van der Waals surface area contributed by atoms with Gasteiger partial charge in [-0.15, -0.1) is 0 Å². The van der Waals surface area contributed by atoms with E-state index in [1.54, 1.807) is 0 Å². The molecule has 0 saturated heterocycles. The van der Waals surface area contributed by atoms with Crippen molar-refractivity contribution in [2.45, 2.75) is 456 Å². The van der Waals surface area contributed by atoms with E-state index in [2.05, 4.69) is 55.6 Å². The van der Waals surface area contributed by atoms with E-state index < -0.39 is 12.1 Å². The molecule has 0 heterocycles. The lowest BCUT2D eigenvalue weighted by atomic mass is 10.0. The number of nitrogens with one attached hydrogen (secondary N) is 1. The molecule has 0 aromatic heterocycles. The van der Waals surface area contributed by atoms with Crippen LogP contribution < -0.4 is 5.32 Å². The molecular formula is C81H155NO5. The number of aliphatic hydroxyl groups excluding tert-OH is 2. The monoisotopic (exact) mass is 1220 g/mol. The van der Waals surface area contributed by atoms with Crippen molar-refractivity contribution in [2.24, 2.45) is 0 Å². The molecule has 0 rings (SSSR count). The van der Waals surface area contributed by atoms with Crippen LogP contribution in [0.4, 0.5) is 0 Å². The van der Waals surface area contributed by atoms with Gasteiger partial charge in [0.1, 0.15) is 0 Å². The average Bonchev–Trinajstić information content (AvgIpc) is 3.53. The number of esters is 1. The molecule has 0 aromatic carbocycles. The summed E-state index contributed by atoms with van der Waals surface area (Å²) in [6.07, 6.45) is 99.4. The Balaban J connectivity index is 3.37. The van der Waals surface area contributed by atoms with Gasteiger partial charge in [0.25, 0.3) is 0 Å². The van der Waals surface area contributed by atoms with E-state index >= 15 is 0 Å². The summed E-state index contributed by atoms with van der Waals surface area (Å²) in [5.74, 6) is -0.0181. The van der Waals surface area contributed by atoms with Crippen molar-refractivity contribution in [3.05, 3.63) is 36.5 Å². The molecule has 2 atom stereocenters. The Morgan fingerprint density at radius 3 is 0.908 bits per heavy atom. The predicted octanol–water partition coefficient (Wildman–Crippen LogP) is 26.2. The Morgan fingerprint density at radius 2 is 0.575 bits per heavy atom. The van der Waals surface area contributed by atoms with E-state index in [-0.39, 0.29) is 18.5 Å². The van der Waals surface area contributed by atoms with Crippen molar-refractivity contribution in [1.82, 2.24) is 5.32 Å². The second-order valence-electron chi connectivity index (χ2n) is 27.4. The highest BCUT2D eigenvalue weighted by molar-refractivity contribution is 5.76. The predicted molar refractivity (Wildman–Crippen MR) is 384 cm³/mol. The average molecular weight is 1220 g/mol. The fourth-order valence-electron chi connectivity index (χ4n) is 12.6. The van der Waals surface area contributed by atoms with Crippen LogP contribution in [0.5, 0.6) is 0 Å². The maximum atomic E-state index is 12.6. The van der Waals surface area contributed by atoms with E-state index in [1.807, 2.05) is 0 Å². The number of hydrogen-bond donors (Lipinski definition) is 3. The van der Waals surface area contributed by atoms with Crippen LogP contribution in [-0.4, -0.2) is 47.4 Å². The van der Waals surface area contributed by atoms with Gasteiger partial charge in [-0.3, -0.25) is 9.59 Å². The third-order valence-corrected chi connectivity index (χ3v) is 18.7. The van der Waals surface area contributed by atoms with Crippen LogP contribution in [-0.2, 0) is 14.3 Å². The van der Waals surface area contributed by atoms with Gasteiger partial charge in [-0.25, -0.2) is 0 Å². The topological polar surface area (TPSA) is 95.9 Å². The maximum Gasteiger partial charge on any atom is 0.305 e. The van der Waals surface area contributed by atoms with Crippen molar-refractivity contribution in [3.63, 3.8) is 0 Å². The van der Waals surface area contributed by atoms with Gasteiger partial charge in [0.2, 0.25) is 5.91 Å². The Kier molecular flexibility index (Phi) is 74.8. The lowest BCUT2D eigenvalue weighted by molar-refractivity contribution is -0.143. The molecule has 6 heteroatoms. The first-order valence-corrected chi connectivity index (χ1v) is 39.7. The highest BCUT2D eigenvalue weighted by Gasteiger charge is 2.20. The number of allylic oxidation sites excluding steroid dienone is 6. The van der Waals surface area contributed by atoms with E-state index in [9.17, 15) is 19.8 Å². The molecule has 0 radical (unpaired) electrons. The normalized spacial score (nSPS) is 12.6. The Labute approximate surface area is 544 Å². The molecule has 0 fully saturated rings. The minimum Gasteiger partial charge on any atom is -0.466 e. The zero-order valence-electron chi connectivity index (χ0n) is 59.0. The van der Waals surface area contributed by atoms with Crippen LogP contribution in [0.15, 0.2) is 36.5 Å². The van der Waals surface area contributed by atoms with Crippen LogP contribution in [0.2, 0.25) is 0 Å². The van der Waals surface area contributed by atoms with Gasteiger partial charge in [-0.05, 0) is 83.5 Å². The Morgan fingerprint density at radius 1 is 0.322 bits per heavy atom. The van der Waals surface area contributed by atoms with E-state index in [1.165, 1.54) is 360 Å². The third-order valence-electron chi connectivity index (χ3n) is 18.7. The van der Waals surface area contributed by atoms with Crippen LogP contribution in [0.25, 0.3) is 0 Å². The number of rotatable bonds is 75. The molecule has 87 heavy (non-hydrogen) atoms. The summed E-state index contributed by atoms with van der Waals surface area (Å²) < 4.78 is 5.50. The number of carbonyl (C=O) groups excluding carboxylic acids is 2. The molecule has 0 aliphatic rings. The van der Waals surface area contributed by atoms with Gasteiger partial charge in [0.15, 0.2) is 0 Å². The zero-order valence-corrected chi connectivity index (χ0v) is 59.0. The number of unbranched alkanes of at least 4 members (excludes halogenated alkanes) is 58. The molecule has 2 unspecified atom stereocenters. The lowest BCUT2D eigenvalue weighted by Crippen LogP contribution is -2.45. The highest BCUT2D eigenvalue weighted by atomic mass is 16.5. The maximum absolute atomic E-state index is 12.6. The quantitative estimate of drug-likeness (QED) is 0.0320. The largest absolute Gasteiger partial charge is 0.466 e. The zero-order chi connectivity index (χ0) is 62.8. The van der Waals surface area contributed by atoms with Gasteiger partial charge in [0.05, 0.1) is 25.4 Å². The summed E-state index contributed by atoms with van der Waals surface area (Å²) >= 11 is 0. The fourth-order valence-corrected chi connectivity index (χ4v) is 12.6. The summed E-state index contributed by atoms with van der Waals surface area (Å²) in [5, 5.41) is 23.5. The summed E-state index contributed by atoms with van der Waals surface area (Å²) in [5.41, 5.74) is 0. The minimum absolute atomic E-state index is 0.0102. The molecule has 1 amide bonds. The molecule has 0 aliphatic carbocycles. The van der Waals surface area contributed by atoms with Crippen LogP contribution in [0, 0.1) is 0 Å². The molecule has 0 aliphatic heterocycles. The highest BCUT2D eigenvalue weighted by Crippen LogP contribution is 2.20. The molecule has 3 N–H and O–H groups in total. The Hall–Kier alpha value is -1.92. The molecular weight excluding hydrogens is 1070 g/mol. The van der Waals surface area contributed by atoms with Gasteiger partial charge in [-0.2, -0.15) is 0 Å². The fraction of sp³-hybridized carbons (Fsp3) is 0.901. The lowest BCUT2D eigenvalue weighted by Gasteiger charge is -2.22. The molecule has 514 valence electrons. The molecule has 0 spiro atoms. The summed E-state index contributed by atoms with van der Waals surface area (Å²) in [6, 6.07) is -0.542. The van der Waals surface area contributed by atoms with Crippen molar-refractivity contribution in [3.8, 4) is 0 Å². The summed E-state index contributed by atoms with van der Waals surface area (Å²) in [7, 11) is 0. The van der Waals surface area contributed by atoms with Crippen molar-refractivity contribution >= 4 is 11.9 Å². The van der Waals surface area contributed by atoms with Crippen LogP contribution in [0.3, 0.4) is 0 Å². The number of hydrogen-bond acceptors (Lipinski definition) is 5. The van der Waals surface area contributed by atoms with Crippen molar-refractivity contribution in [2.75, 3.05) is 13.2 Å². The smallest absolute Gasteiger partial charge is 0.305 e. The standard InChI is InChI=1S/C81H155NO5/c1-3-5-7-9-11-13-15-17-19-21-22-23-32-35-38-42-45-49-53-57-61-65-69-73-79(84)78(77-83)82-80(85)74-70-66-62-58-54-50-46-43-39-36-33-30-28-26-24-25-27-29-31-34-37-40-44-48-52-56-60-64-68-72-76-87-81(86)75-71-67-63-59-55-51-47-41-20-18-16-14-12-10-8-6-4-2/h12,14,18,20,25,27,78-79,83-84H,3-11,13,15-17,19,21-24,26,28-77H2,1-2H3,(H,82,85)/b14-12-,20-18-,27-25-. The number of ether oxygens (including phenoxy) is 1. The van der Waals surface area contributed by atoms with Crippen molar-refractivity contribution in [1.29, 1.82) is 0 Å². The SMILES string of the molecule is CCCCC/C=C\C/C=C\CCCCCCCCCC(=O)OCCCCCCCCCCCCCC/C=C\CCCCCCCCCCCCCCCCC(=O)NC(CO)C(O)CCCCCCCCCCCCCCCCCCCCCCCCC. The van der Waals surface area contributed by atoms with Gasteiger partial charge in [-0.1, -0.05) is 384 Å². The van der Waals surface area contributed by atoms with Crippen molar-refractivity contribution < 1.29 is 24.5 Å². The first kappa shape index (κ1) is 85.1. The number of carbonyl (C=O) groups is 2. The first-order valence-electron chi connectivity index (χ1n) is 39.7. The molecule has 6 nitrogen and oxygen atoms in total. The van der Waals surface area contributed by atoms with Crippen LogP contribution >= 0.6 is 0 Å². The van der Waals surface area contributed by atoms with E-state index in [0.717, 1.165) is 51.4 Å². The molecule has 0 saturated carbocycles. The van der Waals surface area contributed by atoms with Crippen LogP contribution in [0.1, 0.15) is 444 Å².